The number of rotatable bonds is 0. The summed E-state index contributed by atoms with van der Waals surface area (Å²) in [7, 11) is 0. The maximum Gasteiger partial charge on any atom is 0.181 e. The molecule has 0 radical (unpaired) electrons. The third-order valence-corrected chi connectivity index (χ3v) is 0.616. The second-order valence-corrected chi connectivity index (χ2v) is 1.25. The van der Waals surface area contributed by atoms with Gasteiger partial charge in [0.1, 0.15) is 0 Å². The normalized spacial score (nSPS) is 5.27. The highest BCUT2D eigenvalue weighted by atomic mass is 14.6. The average Bonchev–Trinajstić information content (AvgIpc) is 2.08. The molecule has 0 unspecified atom stereocenters. The molecule has 0 atom stereocenters. The van der Waals surface area contributed by atoms with Crippen LogP contribution in [0.2, 0.25) is 0 Å². The first-order chi connectivity index (χ1) is 4.91. The molecule has 0 fully saturated rings. The largest absolute Gasteiger partial charge is 0.344 e. The van der Waals surface area contributed by atoms with Crippen LogP contribution in [0.5, 0.6) is 0 Å². The summed E-state index contributed by atoms with van der Waals surface area (Å²) in [6.45, 7) is 0. The molecule has 3 N–H and O–H groups in total. The van der Waals surface area contributed by atoms with Crippen LogP contribution in [0.4, 0.5) is 0 Å². The Kier molecular flexibility index (Phi) is 11.8. The van der Waals surface area contributed by atoms with E-state index in [0.29, 0.717) is 0 Å². The second kappa shape index (κ2) is 11.0. The molecule has 0 aliphatic rings. The van der Waals surface area contributed by atoms with Gasteiger partial charge in [0.2, 0.25) is 0 Å². The molecule has 0 saturated carbocycles. The Morgan fingerprint density at radius 3 is 1.45 bits per heavy atom. The quantitative estimate of drug-likeness (QED) is 0.599. The van der Waals surface area contributed by atoms with Gasteiger partial charge in [-0.3, -0.25) is 4.98 Å². The van der Waals surface area contributed by atoms with Gasteiger partial charge < -0.3 is 6.15 Å². The summed E-state index contributed by atoms with van der Waals surface area (Å²) in [6.07, 6.45) is 3.50. The van der Waals surface area contributed by atoms with Crippen LogP contribution in [0.3, 0.4) is 0 Å². The van der Waals surface area contributed by atoms with Crippen molar-refractivity contribution in [3.05, 3.63) is 30.6 Å². The van der Waals surface area contributed by atoms with Crippen molar-refractivity contribution in [2.75, 3.05) is 0 Å². The van der Waals surface area contributed by atoms with Crippen LogP contribution in [-0.4, -0.2) is 4.98 Å². The SMILES string of the molecule is N.N#CC#N.c1ccncc1. The van der Waals surface area contributed by atoms with Crippen LogP contribution < -0.4 is 6.15 Å². The van der Waals surface area contributed by atoms with Crippen molar-refractivity contribution in [3.8, 4) is 12.1 Å². The topological polar surface area (TPSA) is 95.5 Å². The maximum absolute atomic E-state index is 7.26. The third-order valence-electron chi connectivity index (χ3n) is 0.616. The molecule has 0 saturated heterocycles. The molecule has 0 bridgehead atoms. The van der Waals surface area contributed by atoms with Crippen LogP contribution >= 0.6 is 0 Å². The Morgan fingerprint density at radius 1 is 0.909 bits per heavy atom. The van der Waals surface area contributed by atoms with E-state index >= 15 is 0 Å². The van der Waals surface area contributed by atoms with E-state index < -0.39 is 0 Å². The number of hydrogen-bond acceptors (Lipinski definition) is 4. The Balaban J connectivity index is 0. The molecule has 1 rings (SSSR count). The van der Waals surface area contributed by atoms with Crippen molar-refractivity contribution in [2.24, 2.45) is 0 Å². The summed E-state index contributed by atoms with van der Waals surface area (Å²) < 4.78 is 0. The monoisotopic (exact) mass is 148 g/mol. The van der Waals surface area contributed by atoms with E-state index in [2.05, 4.69) is 4.98 Å². The van der Waals surface area contributed by atoms with Crippen molar-refractivity contribution in [2.45, 2.75) is 0 Å². The number of aromatic nitrogens is 1. The van der Waals surface area contributed by atoms with Gasteiger partial charge in [-0.05, 0) is 12.1 Å². The average molecular weight is 148 g/mol. The lowest BCUT2D eigenvalue weighted by Gasteiger charge is -1.70. The van der Waals surface area contributed by atoms with Crippen molar-refractivity contribution in [1.82, 2.24) is 11.1 Å². The molecule has 0 spiro atoms. The molecule has 4 heteroatoms. The van der Waals surface area contributed by atoms with Gasteiger partial charge in [0.15, 0.2) is 12.1 Å². The van der Waals surface area contributed by atoms with E-state index in [9.17, 15) is 0 Å². The van der Waals surface area contributed by atoms with Crippen molar-refractivity contribution < 1.29 is 0 Å². The standard InChI is InChI=1S/C5H5N.C2N2.H3N/c1-2-4-6-5-3-1;3-1-2-4;/h1-5H;;1H3. The summed E-state index contributed by atoms with van der Waals surface area (Å²) >= 11 is 0. The van der Waals surface area contributed by atoms with Crippen LogP contribution in [-0.2, 0) is 0 Å². The van der Waals surface area contributed by atoms with Crippen molar-refractivity contribution in [1.29, 1.82) is 10.5 Å². The molecule has 4 nitrogen and oxygen atoms in total. The van der Waals surface area contributed by atoms with Gasteiger partial charge in [0.05, 0.1) is 0 Å². The molecule has 0 aromatic carbocycles. The van der Waals surface area contributed by atoms with Crippen molar-refractivity contribution >= 4 is 0 Å². The highest BCUT2D eigenvalue weighted by Crippen LogP contribution is 1.73. The van der Waals surface area contributed by atoms with E-state index in [1.165, 1.54) is 12.1 Å². The summed E-state index contributed by atoms with van der Waals surface area (Å²) in [4.78, 5) is 3.78. The van der Waals surface area contributed by atoms with Crippen LogP contribution in [0.1, 0.15) is 0 Å². The molecule has 11 heavy (non-hydrogen) atoms. The number of pyridine rings is 1. The van der Waals surface area contributed by atoms with E-state index in [0.717, 1.165) is 0 Å². The fourth-order valence-corrected chi connectivity index (χ4v) is 0.313. The molecule has 1 aromatic rings. The highest BCUT2D eigenvalue weighted by Gasteiger charge is 1.58. The van der Waals surface area contributed by atoms with Gasteiger partial charge in [-0.25, -0.2) is 0 Å². The third kappa shape index (κ3) is 11.6. The predicted octanol–water partition coefficient (Wildman–Crippen LogP) is 1.28. The smallest absolute Gasteiger partial charge is 0.181 e. The zero-order chi connectivity index (χ0) is 7.66. The van der Waals surface area contributed by atoms with Crippen LogP contribution in [0.15, 0.2) is 30.6 Å². The molecular formula is C7H8N4. The minimum absolute atomic E-state index is 0. The second-order valence-electron chi connectivity index (χ2n) is 1.25. The lowest BCUT2D eigenvalue weighted by atomic mass is 10.5. The molecule has 0 aliphatic heterocycles. The van der Waals surface area contributed by atoms with Crippen molar-refractivity contribution in [3.63, 3.8) is 0 Å². The minimum atomic E-state index is 0. The number of nitrogens with zero attached hydrogens (tertiary/aromatic N) is 3. The fraction of sp³-hybridized carbons (Fsp3) is 0. The molecule has 0 aliphatic carbocycles. The fourth-order valence-electron chi connectivity index (χ4n) is 0.313. The highest BCUT2D eigenvalue weighted by molar-refractivity contribution is 4.99. The molecular weight excluding hydrogens is 140 g/mol. The van der Waals surface area contributed by atoms with Crippen LogP contribution in [0, 0.1) is 22.7 Å². The first kappa shape index (κ1) is 11.8. The van der Waals surface area contributed by atoms with Gasteiger partial charge in [-0.1, -0.05) is 6.07 Å². The zero-order valence-corrected chi connectivity index (χ0v) is 5.94. The lowest BCUT2D eigenvalue weighted by Crippen LogP contribution is -1.58. The summed E-state index contributed by atoms with van der Waals surface area (Å²) in [5.74, 6) is 0. The molecule has 56 valence electrons. The summed E-state index contributed by atoms with van der Waals surface area (Å²) in [5.41, 5.74) is 0. The summed E-state index contributed by atoms with van der Waals surface area (Å²) in [6, 6.07) is 8.19. The van der Waals surface area contributed by atoms with Gasteiger partial charge in [-0.15, -0.1) is 0 Å². The first-order valence-corrected chi connectivity index (χ1v) is 2.55. The van der Waals surface area contributed by atoms with E-state index in [4.69, 9.17) is 10.5 Å². The Morgan fingerprint density at radius 2 is 1.36 bits per heavy atom. The van der Waals surface area contributed by atoms with Gasteiger partial charge in [0, 0.05) is 12.4 Å². The molecule has 1 aromatic heterocycles. The number of nitriles is 2. The van der Waals surface area contributed by atoms with E-state index in [1.54, 1.807) is 12.4 Å². The van der Waals surface area contributed by atoms with Crippen LogP contribution in [0.25, 0.3) is 0 Å². The van der Waals surface area contributed by atoms with Gasteiger partial charge in [0.25, 0.3) is 0 Å². The zero-order valence-electron chi connectivity index (χ0n) is 5.94. The minimum Gasteiger partial charge on any atom is -0.344 e. The first-order valence-electron chi connectivity index (χ1n) is 2.55. The van der Waals surface area contributed by atoms with Gasteiger partial charge >= 0.3 is 0 Å². The Hall–Kier alpha value is -1.91. The Bertz CT molecular complexity index is 192. The maximum atomic E-state index is 7.26. The Labute approximate surface area is 65.3 Å². The molecule has 0 amide bonds. The number of hydrogen-bond donors (Lipinski definition) is 1. The van der Waals surface area contributed by atoms with E-state index in [1.807, 2.05) is 18.2 Å². The van der Waals surface area contributed by atoms with Gasteiger partial charge in [-0.2, -0.15) is 10.5 Å². The van der Waals surface area contributed by atoms with E-state index in [-0.39, 0.29) is 6.15 Å². The predicted molar refractivity (Wildman–Crippen MR) is 40.5 cm³/mol. The molecule has 1 heterocycles. The lowest BCUT2D eigenvalue weighted by molar-refractivity contribution is 1.33. The summed E-state index contributed by atoms with van der Waals surface area (Å²) in [5, 5.41) is 14.5.